The SMILES string of the molecule is O=C(NC(CO)CO)c1cc(-c2cn(-c3ccc(S(=O)(=O)O)cc3)nn2)nc(-c2cn(-c3ccc(S(=O)(=O)O)cc3)nn2)c1. The Balaban J connectivity index is 1.52. The topological polar surface area (TPSA) is 253 Å². The monoisotopic (exact) mass is 642 g/mol. The molecule has 3 heterocycles. The molecule has 0 aliphatic heterocycles. The Morgan fingerprint density at radius 2 is 1.11 bits per heavy atom. The third-order valence-corrected chi connectivity index (χ3v) is 7.91. The summed E-state index contributed by atoms with van der Waals surface area (Å²) in [4.78, 5) is 17.0. The maximum Gasteiger partial charge on any atom is 0.294 e. The van der Waals surface area contributed by atoms with Gasteiger partial charge in [0, 0.05) is 5.56 Å². The van der Waals surface area contributed by atoms with Crippen molar-refractivity contribution in [3.8, 4) is 34.2 Å². The Bertz CT molecular complexity index is 1910. The number of aliphatic hydroxyl groups is 2. The predicted octanol–water partition coefficient (Wildman–Crippen LogP) is 0.153. The summed E-state index contributed by atoms with van der Waals surface area (Å²) < 4.78 is 66.5. The van der Waals surface area contributed by atoms with Gasteiger partial charge >= 0.3 is 0 Å². The van der Waals surface area contributed by atoms with E-state index in [0.29, 0.717) is 11.4 Å². The number of carbonyl (C=O) groups excluding carboxylic acids is 1. The molecule has 2 aromatic carbocycles. The highest BCUT2D eigenvalue weighted by atomic mass is 32.2. The molecule has 0 saturated carbocycles. The van der Waals surface area contributed by atoms with Crippen LogP contribution in [0.15, 0.2) is 82.8 Å². The Morgan fingerprint density at radius 3 is 1.48 bits per heavy atom. The normalized spacial score (nSPS) is 12.0. The maximum absolute atomic E-state index is 13.0. The molecule has 0 atom stereocenters. The first-order valence-corrected chi connectivity index (χ1v) is 15.3. The molecule has 3 aromatic heterocycles. The minimum Gasteiger partial charge on any atom is -0.394 e. The fourth-order valence-corrected chi connectivity index (χ4v) is 4.86. The van der Waals surface area contributed by atoms with Crippen molar-refractivity contribution in [2.75, 3.05) is 13.2 Å². The lowest BCUT2D eigenvalue weighted by Gasteiger charge is -2.14. The van der Waals surface area contributed by atoms with E-state index in [1.165, 1.54) is 82.4 Å². The first-order chi connectivity index (χ1) is 20.9. The molecule has 17 nitrogen and oxygen atoms in total. The zero-order valence-electron chi connectivity index (χ0n) is 22.2. The van der Waals surface area contributed by atoms with Gasteiger partial charge in [0.2, 0.25) is 0 Å². The number of aromatic nitrogens is 7. The average Bonchev–Trinajstić information content (AvgIpc) is 3.70. The van der Waals surface area contributed by atoms with Crippen molar-refractivity contribution in [3.05, 3.63) is 78.6 Å². The van der Waals surface area contributed by atoms with E-state index in [9.17, 15) is 40.9 Å². The van der Waals surface area contributed by atoms with Gasteiger partial charge < -0.3 is 15.5 Å². The molecule has 0 saturated heterocycles. The first kappa shape index (κ1) is 30.5. The molecule has 19 heteroatoms. The fraction of sp³-hybridized carbons (Fsp3) is 0.120. The van der Waals surface area contributed by atoms with Crippen LogP contribution in [0.5, 0.6) is 0 Å². The highest BCUT2D eigenvalue weighted by Crippen LogP contribution is 2.24. The molecule has 5 rings (SSSR count). The van der Waals surface area contributed by atoms with E-state index in [1.54, 1.807) is 0 Å². The average molecular weight is 643 g/mol. The van der Waals surface area contributed by atoms with Crippen molar-refractivity contribution < 1.29 is 40.9 Å². The molecule has 1 amide bonds. The number of nitrogens with zero attached hydrogens (tertiary/aromatic N) is 7. The van der Waals surface area contributed by atoms with E-state index in [2.05, 4.69) is 30.9 Å². The number of pyridine rings is 1. The predicted molar refractivity (Wildman–Crippen MR) is 150 cm³/mol. The second-order valence-electron chi connectivity index (χ2n) is 9.20. The minimum atomic E-state index is -4.39. The van der Waals surface area contributed by atoms with Crippen molar-refractivity contribution in [1.29, 1.82) is 0 Å². The van der Waals surface area contributed by atoms with E-state index in [1.807, 2.05) is 0 Å². The van der Waals surface area contributed by atoms with Crippen LogP contribution in [-0.2, 0) is 20.2 Å². The summed E-state index contributed by atoms with van der Waals surface area (Å²) in [5.41, 5.74) is 1.62. The molecule has 5 N–H and O–H groups in total. The Kier molecular flexibility index (Phi) is 8.32. The van der Waals surface area contributed by atoms with Gasteiger partial charge in [-0.15, -0.1) is 10.2 Å². The fourth-order valence-electron chi connectivity index (χ4n) is 3.90. The molecule has 0 radical (unpaired) electrons. The Labute approximate surface area is 248 Å². The van der Waals surface area contributed by atoms with Crippen LogP contribution in [0.3, 0.4) is 0 Å². The number of carbonyl (C=O) groups is 1. The van der Waals surface area contributed by atoms with Gasteiger partial charge in [-0.3, -0.25) is 13.9 Å². The lowest BCUT2D eigenvalue weighted by Crippen LogP contribution is -2.40. The number of rotatable bonds is 10. The summed E-state index contributed by atoms with van der Waals surface area (Å²) in [6, 6.07) is 12.2. The molecule has 5 aromatic rings. The third-order valence-electron chi connectivity index (χ3n) is 6.17. The summed E-state index contributed by atoms with van der Waals surface area (Å²) in [5.74, 6) is -0.649. The quantitative estimate of drug-likeness (QED) is 0.127. The van der Waals surface area contributed by atoms with E-state index in [-0.39, 0.29) is 38.1 Å². The van der Waals surface area contributed by atoms with Gasteiger partial charge in [0.05, 0.1) is 64.2 Å². The van der Waals surface area contributed by atoms with Gasteiger partial charge in [-0.2, -0.15) is 16.8 Å². The molecule has 0 aliphatic carbocycles. The third kappa shape index (κ3) is 6.67. The van der Waals surface area contributed by atoms with Crippen molar-refractivity contribution in [2.45, 2.75) is 15.8 Å². The summed E-state index contributed by atoms with van der Waals surface area (Å²) in [6.07, 6.45) is 2.93. The van der Waals surface area contributed by atoms with Crippen LogP contribution >= 0.6 is 0 Å². The largest absolute Gasteiger partial charge is 0.394 e. The van der Waals surface area contributed by atoms with Crippen LogP contribution in [0.4, 0.5) is 0 Å². The van der Waals surface area contributed by atoms with Crippen molar-refractivity contribution in [2.24, 2.45) is 0 Å². The Hall–Kier alpha value is -4.92. The molecule has 0 bridgehead atoms. The van der Waals surface area contributed by atoms with Gasteiger partial charge in [-0.25, -0.2) is 14.3 Å². The number of nitrogens with one attached hydrogen (secondary N) is 1. The lowest BCUT2D eigenvalue weighted by molar-refractivity contribution is 0.0879. The number of benzene rings is 2. The second-order valence-corrected chi connectivity index (χ2v) is 12.0. The molecule has 0 spiro atoms. The van der Waals surface area contributed by atoms with E-state index >= 15 is 0 Å². The molecule has 228 valence electrons. The summed E-state index contributed by atoms with van der Waals surface area (Å²) in [6.45, 7) is -1.02. The first-order valence-electron chi connectivity index (χ1n) is 12.4. The molecule has 44 heavy (non-hydrogen) atoms. The molecular formula is C25H22N8O9S2. The van der Waals surface area contributed by atoms with Gasteiger partial charge in [0.15, 0.2) is 0 Å². The number of amides is 1. The van der Waals surface area contributed by atoms with Gasteiger partial charge in [-0.1, -0.05) is 10.4 Å². The van der Waals surface area contributed by atoms with Crippen LogP contribution in [0.2, 0.25) is 0 Å². The van der Waals surface area contributed by atoms with Gasteiger partial charge in [-0.05, 0) is 60.7 Å². The number of hydrogen-bond acceptors (Lipinski definition) is 12. The van der Waals surface area contributed by atoms with E-state index in [4.69, 9.17) is 0 Å². The summed E-state index contributed by atoms with van der Waals surface area (Å²) in [7, 11) is -8.78. The Morgan fingerprint density at radius 1 is 0.705 bits per heavy atom. The lowest BCUT2D eigenvalue weighted by atomic mass is 10.1. The van der Waals surface area contributed by atoms with Crippen molar-refractivity contribution in [3.63, 3.8) is 0 Å². The van der Waals surface area contributed by atoms with Crippen LogP contribution < -0.4 is 5.32 Å². The molecule has 0 aliphatic rings. The molecular weight excluding hydrogens is 620 g/mol. The van der Waals surface area contributed by atoms with Crippen molar-refractivity contribution >= 4 is 26.1 Å². The zero-order chi connectivity index (χ0) is 31.6. The van der Waals surface area contributed by atoms with Gasteiger partial charge in [0.1, 0.15) is 11.4 Å². The zero-order valence-corrected chi connectivity index (χ0v) is 23.8. The standard InChI is InChI=1S/C25H22N8O9S2/c34-13-16(14-35)26-25(36)15-9-21(23-11-32(30-28-23)17-1-5-19(6-2-17)43(37,38)39)27-22(10-15)24-12-33(31-29-24)18-3-7-20(8-4-18)44(40,41)42/h1-12,16,34-35H,13-14H2,(H,26,36)(H,37,38,39)(H,40,41,42). The number of hydrogen-bond donors (Lipinski definition) is 5. The maximum atomic E-state index is 13.0. The molecule has 0 unspecified atom stereocenters. The van der Waals surface area contributed by atoms with Gasteiger partial charge in [0.25, 0.3) is 26.1 Å². The minimum absolute atomic E-state index is 0.0658. The highest BCUT2D eigenvalue weighted by Gasteiger charge is 2.19. The van der Waals surface area contributed by atoms with Crippen LogP contribution in [0, 0.1) is 0 Å². The van der Waals surface area contributed by atoms with E-state index < -0.39 is 45.4 Å². The smallest absolute Gasteiger partial charge is 0.294 e. The van der Waals surface area contributed by atoms with Crippen LogP contribution in [0.25, 0.3) is 34.2 Å². The van der Waals surface area contributed by atoms with Crippen LogP contribution in [0.1, 0.15) is 10.4 Å². The highest BCUT2D eigenvalue weighted by molar-refractivity contribution is 7.86. The summed E-state index contributed by atoms with van der Waals surface area (Å²) >= 11 is 0. The van der Waals surface area contributed by atoms with Crippen LogP contribution in [-0.4, -0.2) is 96.3 Å². The van der Waals surface area contributed by atoms with Crippen molar-refractivity contribution in [1.82, 2.24) is 40.3 Å². The number of aliphatic hydroxyl groups excluding tert-OH is 2. The van der Waals surface area contributed by atoms with E-state index in [0.717, 1.165) is 0 Å². The second kappa shape index (κ2) is 12.0. The molecule has 0 fully saturated rings. The summed E-state index contributed by atoms with van der Waals surface area (Å²) in [5, 5.41) is 37.6.